The first-order valence-electron chi connectivity index (χ1n) is 6.54. The van der Waals surface area contributed by atoms with Gasteiger partial charge < -0.3 is 4.90 Å². The highest BCUT2D eigenvalue weighted by Gasteiger charge is 2.09. The third-order valence-electron chi connectivity index (χ3n) is 3.21. The minimum Gasteiger partial charge on any atom is -0.302 e. The summed E-state index contributed by atoms with van der Waals surface area (Å²) in [4.78, 5) is 6.49. The van der Waals surface area contributed by atoms with Crippen LogP contribution in [0, 0.1) is 4.77 Å². The lowest BCUT2D eigenvalue weighted by atomic mass is 10.2. The van der Waals surface area contributed by atoms with E-state index >= 15 is 0 Å². The number of nitrogens with zero attached hydrogens (tertiary/aromatic N) is 4. The molecule has 0 saturated heterocycles. The minimum absolute atomic E-state index is 0.658. The normalized spacial score (nSPS) is 11.1. The van der Waals surface area contributed by atoms with Crippen molar-refractivity contribution in [3.63, 3.8) is 0 Å². The summed E-state index contributed by atoms with van der Waals surface area (Å²) in [5.41, 5.74) is 0.981. The van der Waals surface area contributed by atoms with Crippen LogP contribution < -0.4 is 0 Å². The van der Waals surface area contributed by atoms with Gasteiger partial charge in [0.1, 0.15) is 0 Å². The molecule has 5 nitrogen and oxygen atoms in total. The second-order valence-corrected chi connectivity index (χ2v) is 4.66. The van der Waals surface area contributed by atoms with Crippen LogP contribution >= 0.6 is 12.2 Å². The van der Waals surface area contributed by atoms with E-state index in [1.54, 1.807) is 12.4 Å². The molecule has 0 amide bonds. The van der Waals surface area contributed by atoms with Crippen molar-refractivity contribution in [3.05, 3.63) is 29.3 Å². The third kappa shape index (κ3) is 3.27. The first kappa shape index (κ1) is 13.9. The van der Waals surface area contributed by atoms with Gasteiger partial charge in [-0.2, -0.15) is 5.10 Å². The maximum atomic E-state index is 5.30. The van der Waals surface area contributed by atoms with E-state index in [2.05, 4.69) is 33.9 Å². The molecule has 0 aromatic carbocycles. The first-order chi connectivity index (χ1) is 9.26. The summed E-state index contributed by atoms with van der Waals surface area (Å²) < 4.78 is 2.69. The van der Waals surface area contributed by atoms with Crippen molar-refractivity contribution in [3.8, 4) is 11.4 Å². The van der Waals surface area contributed by atoms with Crippen LogP contribution in [-0.2, 0) is 6.54 Å². The lowest BCUT2D eigenvalue weighted by molar-refractivity contribution is 0.290. The summed E-state index contributed by atoms with van der Waals surface area (Å²) in [5, 5.41) is 7.17. The molecule has 0 radical (unpaired) electrons. The molecule has 0 atom stereocenters. The van der Waals surface area contributed by atoms with Crippen molar-refractivity contribution >= 4 is 12.2 Å². The summed E-state index contributed by atoms with van der Waals surface area (Å²) in [6, 6.07) is 3.90. The summed E-state index contributed by atoms with van der Waals surface area (Å²) in [7, 11) is 0. The third-order valence-corrected chi connectivity index (χ3v) is 3.52. The molecule has 19 heavy (non-hydrogen) atoms. The van der Waals surface area contributed by atoms with Crippen molar-refractivity contribution in [1.29, 1.82) is 0 Å². The SMILES string of the molecule is CCN(CC)CCn1c(-c2cccnc2)n[nH]c1=S. The molecule has 102 valence electrons. The van der Waals surface area contributed by atoms with E-state index in [1.165, 1.54) is 0 Å². The maximum absolute atomic E-state index is 5.30. The quantitative estimate of drug-likeness (QED) is 0.823. The van der Waals surface area contributed by atoms with Gasteiger partial charge in [0.15, 0.2) is 10.6 Å². The Morgan fingerprint density at radius 3 is 2.79 bits per heavy atom. The summed E-state index contributed by atoms with van der Waals surface area (Å²) >= 11 is 5.30. The Labute approximate surface area is 118 Å². The van der Waals surface area contributed by atoms with Gasteiger partial charge in [-0.3, -0.25) is 14.6 Å². The standard InChI is InChI=1S/C13H19N5S/c1-3-17(4-2)8-9-18-12(15-16-13(18)19)11-6-5-7-14-10-11/h5-7,10H,3-4,8-9H2,1-2H3,(H,16,19). The predicted molar refractivity (Wildman–Crippen MR) is 78.4 cm³/mol. The summed E-state index contributed by atoms with van der Waals surface area (Å²) in [6.07, 6.45) is 3.56. The van der Waals surface area contributed by atoms with E-state index in [0.717, 1.165) is 37.6 Å². The highest BCUT2D eigenvalue weighted by molar-refractivity contribution is 7.71. The van der Waals surface area contributed by atoms with E-state index in [4.69, 9.17) is 12.2 Å². The monoisotopic (exact) mass is 277 g/mol. The van der Waals surface area contributed by atoms with Crippen molar-refractivity contribution < 1.29 is 0 Å². The van der Waals surface area contributed by atoms with Crippen LogP contribution in [0.1, 0.15) is 13.8 Å². The Morgan fingerprint density at radius 1 is 1.37 bits per heavy atom. The second kappa shape index (κ2) is 6.58. The number of nitrogens with one attached hydrogen (secondary N) is 1. The lowest BCUT2D eigenvalue weighted by Gasteiger charge is -2.18. The van der Waals surface area contributed by atoms with Crippen LogP contribution in [0.2, 0.25) is 0 Å². The number of rotatable bonds is 6. The number of aromatic nitrogens is 4. The van der Waals surface area contributed by atoms with Gasteiger partial charge in [0, 0.05) is 31.0 Å². The average molecular weight is 277 g/mol. The Bertz CT molecular complexity index is 556. The van der Waals surface area contributed by atoms with E-state index in [-0.39, 0.29) is 0 Å². The molecule has 2 rings (SSSR count). The fraction of sp³-hybridized carbons (Fsp3) is 0.462. The molecule has 1 N–H and O–H groups in total. The highest BCUT2D eigenvalue weighted by atomic mass is 32.1. The van der Waals surface area contributed by atoms with Gasteiger partial charge in [-0.1, -0.05) is 13.8 Å². The van der Waals surface area contributed by atoms with Crippen molar-refractivity contribution in [1.82, 2.24) is 24.6 Å². The van der Waals surface area contributed by atoms with E-state index in [0.29, 0.717) is 4.77 Å². The zero-order valence-electron chi connectivity index (χ0n) is 11.3. The molecule has 0 aliphatic rings. The maximum Gasteiger partial charge on any atom is 0.195 e. The van der Waals surface area contributed by atoms with Crippen LogP contribution in [0.3, 0.4) is 0 Å². The Kier molecular flexibility index (Phi) is 4.81. The predicted octanol–water partition coefficient (Wildman–Crippen LogP) is 2.34. The van der Waals surface area contributed by atoms with Gasteiger partial charge >= 0.3 is 0 Å². The molecule has 6 heteroatoms. The van der Waals surface area contributed by atoms with Crippen LogP contribution in [0.25, 0.3) is 11.4 Å². The summed E-state index contributed by atoms with van der Waals surface area (Å²) in [5.74, 6) is 0.852. The molecule has 0 aliphatic heterocycles. The molecule has 0 spiro atoms. The second-order valence-electron chi connectivity index (χ2n) is 4.27. The van der Waals surface area contributed by atoms with Crippen molar-refractivity contribution in [2.24, 2.45) is 0 Å². The zero-order chi connectivity index (χ0) is 13.7. The molecular formula is C13H19N5S. The molecule has 2 aromatic rings. The highest BCUT2D eigenvalue weighted by Crippen LogP contribution is 2.15. The Hall–Kier alpha value is -1.53. The zero-order valence-corrected chi connectivity index (χ0v) is 12.2. The number of hydrogen-bond acceptors (Lipinski definition) is 4. The number of aromatic amines is 1. The lowest BCUT2D eigenvalue weighted by Crippen LogP contribution is -2.27. The van der Waals surface area contributed by atoms with Gasteiger partial charge in [0.25, 0.3) is 0 Å². The first-order valence-corrected chi connectivity index (χ1v) is 6.95. The van der Waals surface area contributed by atoms with Crippen LogP contribution in [-0.4, -0.2) is 44.3 Å². The number of likely N-dealkylation sites (N-methyl/N-ethyl adjacent to an activating group) is 1. The van der Waals surface area contributed by atoms with Gasteiger partial charge in [-0.15, -0.1) is 0 Å². The van der Waals surface area contributed by atoms with Crippen LogP contribution in [0.4, 0.5) is 0 Å². The van der Waals surface area contributed by atoms with Crippen molar-refractivity contribution in [2.75, 3.05) is 19.6 Å². The largest absolute Gasteiger partial charge is 0.302 e. The topological polar surface area (TPSA) is 49.7 Å². The smallest absolute Gasteiger partial charge is 0.195 e. The van der Waals surface area contributed by atoms with Gasteiger partial charge in [-0.05, 0) is 37.4 Å². The van der Waals surface area contributed by atoms with Crippen LogP contribution in [0.15, 0.2) is 24.5 Å². The van der Waals surface area contributed by atoms with Gasteiger partial charge in [0.05, 0.1) is 0 Å². The van der Waals surface area contributed by atoms with E-state index in [1.807, 2.05) is 16.7 Å². The average Bonchev–Trinajstić information content (AvgIpc) is 2.82. The van der Waals surface area contributed by atoms with Crippen molar-refractivity contribution in [2.45, 2.75) is 20.4 Å². The molecule has 0 fully saturated rings. The molecule has 2 heterocycles. The number of pyridine rings is 1. The summed E-state index contributed by atoms with van der Waals surface area (Å²) in [6.45, 7) is 8.23. The van der Waals surface area contributed by atoms with E-state index < -0.39 is 0 Å². The fourth-order valence-corrected chi connectivity index (χ4v) is 2.25. The molecule has 0 unspecified atom stereocenters. The van der Waals surface area contributed by atoms with Gasteiger partial charge in [-0.25, -0.2) is 0 Å². The molecule has 2 aromatic heterocycles. The van der Waals surface area contributed by atoms with E-state index in [9.17, 15) is 0 Å². The fourth-order valence-electron chi connectivity index (χ4n) is 2.02. The molecule has 0 bridgehead atoms. The molecule has 0 aliphatic carbocycles. The molecule has 0 saturated carbocycles. The Balaban J connectivity index is 2.21. The van der Waals surface area contributed by atoms with Crippen LogP contribution in [0.5, 0.6) is 0 Å². The number of hydrogen-bond donors (Lipinski definition) is 1. The minimum atomic E-state index is 0.658. The van der Waals surface area contributed by atoms with Gasteiger partial charge in [0.2, 0.25) is 0 Å². The number of H-pyrrole nitrogens is 1. The molecular weight excluding hydrogens is 258 g/mol. The Morgan fingerprint density at radius 2 is 2.16 bits per heavy atom.